The van der Waals surface area contributed by atoms with Gasteiger partial charge in [-0.15, -0.1) is 0 Å². The fourth-order valence-corrected chi connectivity index (χ4v) is 1.68. The van der Waals surface area contributed by atoms with Crippen molar-refractivity contribution >= 4 is 5.97 Å². The Labute approximate surface area is 90.3 Å². The average molecular weight is 236 g/mol. The third-order valence-corrected chi connectivity index (χ3v) is 2.49. The second-order valence-electron chi connectivity index (χ2n) is 3.91. The van der Waals surface area contributed by atoms with Gasteiger partial charge in [0.15, 0.2) is 5.92 Å². The number of halogens is 3. The number of alkyl halides is 3. The van der Waals surface area contributed by atoms with Crippen LogP contribution in [0.3, 0.4) is 0 Å². The molecule has 1 atom stereocenters. The summed E-state index contributed by atoms with van der Waals surface area (Å²) in [5.74, 6) is -3.03. The smallest absolute Gasteiger partial charge is 0.405 e. The van der Waals surface area contributed by atoms with Crippen LogP contribution >= 0.6 is 0 Å². The molecule has 1 heterocycles. The van der Waals surface area contributed by atoms with Crippen molar-refractivity contribution in [2.24, 2.45) is 11.8 Å². The van der Waals surface area contributed by atoms with Crippen molar-refractivity contribution in [3.8, 4) is 6.07 Å². The topological polar surface area (TPSA) is 64.3 Å². The summed E-state index contributed by atoms with van der Waals surface area (Å²) in [6, 6.07) is 1.21. The SMILES string of the molecule is N#CC(CN1CC(CC(=O)O)C1)C(F)(F)F. The second-order valence-corrected chi connectivity index (χ2v) is 3.91. The molecular weight excluding hydrogens is 225 g/mol. The fraction of sp³-hybridized carbons (Fsp3) is 0.778. The van der Waals surface area contributed by atoms with Gasteiger partial charge >= 0.3 is 12.1 Å². The minimum absolute atomic E-state index is 0.0280. The quantitative estimate of drug-likeness (QED) is 0.793. The Hall–Kier alpha value is -1.29. The summed E-state index contributed by atoms with van der Waals surface area (Å²) < 4.78 is 36.6. The van der Waals surface area contributed by atoms with Crippen LogP contribution in [0.2, 0.25) is 0 Å². The largest absolute Gasteiger partial charge is 0.481 e. The lowest BCUT2D eigenvalue weighted by Crippen LogP contribution is -2.50. The molecule has 1 rings (SSSR count). The van der Waals surface area contributed by atoms with E-state index in [1.165, 1.54) is 11.0 Å². The van der Waals surface area contributed by atoms with Crippen LogP contribution in [0.25, 0.3) is 0 Å². The van der Waals surface area contributed by atoms with E-state index in [4.69, 9.17) is 10.4 Å². The van der Waals surface area contributed by atoms with E-state index >= 15 is 0 Å². The van der Waals surface area contributed by atoms with Crippen LogP contribution in [-0.4, -0.2) is 41.8 Å². The third-order valence-electron chi connectivity index (χ3n) is 2.49. The molecule has 1 aliphatic rings. The van der Waals surface area contributed by atoms with Crippen LogP contribution in [0, 0.1) is 23.2 Å². The molecular formula is C9H11F3N2O2. The maximum atomic E-state index is 12.2. The van der Waals surface area contributed by atoms with Crippen molar-refractivity contribution in [2.75, 3.05) is 19.6 Å². The number of carboxylic acid groups (broad SMARTS) is 1. The van der Waals surface area contributed by atoms with Crippen molar-refractivity contribution in [2.45, 2.75) is 12.6 Å². The van der Waals surface area contributed by atoms with Crippen LogP contribution < -0.4 is 0 Å². The van der Waals surface area contributed by atoms with Gasteiger partial charge in [0.25, 0.3) is 0 Å². The number of hydrogen-bond donors (Lipinski definition) is 1. The van der Waals surface area contributed by atoms with E-state index in [1.54, 1.807) is 0 Å². The highest BCUT2D eigenvalue weighted by molar-refractivity contribution is 5.67. The van der Waals surface area contributed by atoms with Crippen LogP contribution in [-0.2, 0) is 4.79 Å². The van der Waals surface area contributed by atoms with E-state index in [9.17, 15) is 18.0 Å². The summed E-state index contributed by atoms with van der Waals surface area (Å²) >= 11 is 0. The molecule has 0 saturated carbocycles. The summed E-state index contributed by atoms with van der Waals surface area (Å²) in [5, 5.41) is 16.8. The van der Waals surface area contributed by atoms with E-state index in [2.05, 4.69) is 0 Å². The molecule has 0 aromatic rings. The van der Waals surface area contributed by atoms with E-state index < -0.39 is 18.1 Å². The van der Waals surface area contributed by atoms with Gasteiger partial charge in [0, 0.05) is 19.6 Å². The van der Waals surface area contributed by atoms with Gasteiger partial charge in [-0.3, -0.25) is 4.79 Å². The number of nitriles is 1. The molecule has 1 unspecified atom stereocenters. The molecule has 1 fully saturated rings. The highest BCUT2D eigenvalue weighted by Crippen LogP contribution is 2.29. The molecule has 0 amide bonds. The lowest BCUT2D eigenvalue weighted by Gasteiger charge is -2.39. The van der Waals surface area contributed by atoms with Crippen LogP contribution in [0.1, 0.15) is 6.42 Å². The number of aliphatic carboxylic acids is 1. The predicted molar refractivity (Wildman–Crippen MR) is 47.3 cm³/mol. The van der Waals surface area contributed by atoms with E-state index in [0.717, 1.165) is 0 Å². The van der Waals surface area contributed by atoms with Gasteiger partial charge in [-0.05, 0) is 5.92 Å². The number of rotatable bonds is 4. The molecule has 1 N–H and O–H groups in total. The standard InChI is InChI=1S/C9H11F3N2O2/c10-9(11,12)7(2-13)5-14-3-6(4-14)1-8(15)16/h6-7H,1,3-5H2,(H,15,16). The molecule has 0 aromatic heterocycles. The van der Waals surface area contributed by atoms with Crippen molar-refractivity contribution in [1.29, 1.82) is 5.26 Å². The summed E-state index contributed by atoms with van der Waals surface area (Å²) in [6.45, 7) is 0.275. The minimum atomic E-state index is -4.51. The first kappa shape index (κ1) is 12.8. The molecule has 4 nitrogen and oxygen atoms in total. The second kappa shape index (κ2) is 4.70. The monoisotopic (exact) mass is 236 g/mol. The molecule has 0 spiro atoms. The normalized spacial score (nSPS) is 19.9. The van der Waals surface area contributed by atoms with Gasteiger partial charge in [0.1, 0.15) is 0 Å². The average Bonchev–Trinajstić information content (AvgIpc) is 2.05. The molecule has 0 aromatic carbocycles. The zero-order chi connectivity index (χ0) is 12.3. The first-order valence-corrected chi connectivity index (χ1v) is 4.73. The van der Waals surface area contributed by atoms with E-state index in [-0.39, 0.29) is 18.9 Å². The molecule has 1 saturated heterocycles. The van der Waals surface area contributed by atoms with Gasteiger partial charge < -0.3 is 10.0 Å². The van der Waals surface area contributed by atoms with Crippen molar-refractivity contribution in [3.63, 3.8) is 0 Å². The highest BCUT2D eigenvalue weighted by Gasteiger charge is 2.42. The van der Waals surface area contributed by atoms with E-state index in [1.807, 2.05) is 0 Å². The first-order valence-electron chi connectivity index (χ1n) is 4.73. The summed E-state index contributed by atoms with van der Waals surface area (Å²) in [7, 11) is 0. The summed E-state index contributed by atoms with van der Waals surface area (Å²) in [4.78, 5) is 11.7. The molecule has 0 aliphatic carbocycles. The van der Waals surface area contributed by atoms with Crippen molar-refractivity contribution in [3.05, 3.63) is 0 Å². The number of carboxylic acids is 1. The summed E-state index contributed by atoms with van der Waals surface area (Å²) in [6.07, 6.45) is -4.54. The fourth-order valence-electron chi connectivity index (χ4n) is 1.68. The Bertz CT molecular complexity index is 305. The molecule has 90 valence electrons. The Kier molecular flexibility index (Phi) is 3.75. The number of hydrogen-bond acceptors (Lipinski definition) is 3. The van der Waals surface area contributed by atoms with Gasteiger partial charge in [-0.1, -0.05) is 0 Å². The highest BCUT2D eigenvalue weighted by atomic mass is 19.4. The van der Waals surface area contributed by atoms with Crippen molar-refractivity contribution in [1.82, 2.24) is 4.90 Å². The Balaban J connectivity index is 2.32. The minimum Gasteiger partial charge on any atom is -0.481 e. The molecule has 16 heavy (non-hydrogen) atoms. The third kappa shape index (κ3) is 3.38. The van der Waals surface area contributed by atoms with Gasteiger partial charge in [0.2, 0.25) is 0 Å². The number of carbonyl (C=O) groups is 1. The van der Waals surface area contributed by atoms with Crippen LogP contribution in [0.5, 0.6) is 0 Å². The molecule has 0 bridgehead atoms. The Morgan fingerprint density at radius 1 is 1.56 bits per heavy atom. The van der Waals surface area contributed by atoms with Gasteiger partial charge in [0.05, 0.1) is 12.5 Å². The lowest BCUT2D eigenvalue weighted by molar-refractivity contribution is -0.167. The number of nitrogens with zero attached hydrogens (tertiary/aromatic N) is 2. The van der Waals surface area contributed by atoms with Crippen LogP contribution in [0.4, 0.5) is 13.2 Å². The maximum absolute atomic E-state index is 12.2. The van der Waals surface area contributed by atoms with Gasteiger partial charge in [-0.2, -0.15) is 18.4 Å². The van der Waals surface area contributed by atoms with Crippen molar-refractivity contribution < 1.29 is 23.1 Å². The lowest BCUT2D eigenvalue weighted by atomic mass is 9.95. The predicted octanol–water partition coefficient (Wildman–Crippen LogP) is 1.09. The molecule has 7 heteroatoms. The zero-order valence-electron chi connectivity index (χ0n) is 8.37. The zero-order valence-corrected chi connectivity index (χ0v) is 8.37. The maximum Gasteiger partial charge on any atom is 0.405 e. The van der Waals surface area contributed by atoms with Gasteiger partial charge in [-0.25, -0.2) is 0 Å². The first-order chi connectivity index (χ1) is 7.32. The molecule has 1 aliphatic heterocycles. The summed E-state index contributed by atoms with van der Waals surface area (Å²) in [5.41, 5.74) is 0. The van der Waals surface area contributed by atoms with Crippen LogP contribution in [0.15, 0.2) is 0 Å². The molecule has 0 radical (unpaired) electrons. The van der Waals surface area contributed by atoms with E-state index in [0.29, 0.717) is 13.1 Å². The Morgan fingerprint density at radius 3 is 2.50 bits per heavy atom. The Morgan fingerprint density at radius 2 is 2.12 bits per heavy atom. The number of likely N-dealkylation sites (tertiary alicyclic amines) is 1.